The Labute approximate surface area is 92.5 Å². The third-order valence-corrected chi connectivity index (χ3v) is 3.23. The van der Waals surface area contributed by atoms with Crippen LogP contribution in [0.25, 0.3) is 0 Å². The molecule has 3 heteroatoms. The third-order valence-electron chi connectivity index (χ3n) is 3.23. The lowest BCUT2D eigenvalue weighted by Crippen LogP contribution is -2.39. The lowest BCUT2D eigenvalue weighted by molar-refractivity contribution is -0.117. The number of aliphatic hydroxyl groups is 1. The van der Waals surface area contributed by atoms with Gasteiger partial charge in [-0.25, -0.2) is 0 Å². The molecule has 88 valence electrons. The Balaban J connectivity index is 2.36. The van der Waals surface area contributed by atoms with Gasteiger partial charge in [-0.3, -0.25) is 9.69 Å². The molecule has 0 spiro atoms. The first-order valence-electron chi connectivity index (χ1n) is 6.08. The topological polar surface area (TPSA) is 40.5 Å². The fourth-order valence-electron chi connectivity index (χ4n) is 2.35. The quantitative estimate of drug-likeness (QED) is 0.728. The minimum atomic E-state index is 0.203. The maximum atomic E-state index is 10.9. The van der Waals surface area contributed by atoms with E-state index in [0.29, 0.717) is 12.5 Å². The van der Waals surface area contributed by atoms with Gasteiger partial charge in [0, 0.05) is 25.6 Å². The molecule has 0 aromatic rings. The summed E-state index contributed by atoms with van der Waals surface area (Å²) >= 11 is 0. The zero-order valence-corrected chi connectivity index (χ0v) is 9.74. The molecule has 0 atom stereocenters. The number of rotatable bonds is 6. The number of carbonyl (C=O) groups excluding carboxylic acids is 1. The van der Waals surface area contributed by atoms with Gasteiger partial charge in [-0.1, -0.05) is 19.3 Å². The van der Waals surface area contributed by atoms with Crippen molar-refractivity contribution in [2.24, 2.45) is 0 Å². The molecule has 1 fully saturated rings. The van der Waals surface area contributed by atoms with Crippen molar-refractivity contribution in [3.8, 4) is 0 Å². The molecular formula is C12H23NO2. The summed E-state index contributed by atoms with van der Waals surface area (Å²) in [5.41, 5.74) is 0. The van der Waals surface area contributed by atoms with Gasteiger partial charge in [0.05, 0.1) is 6.61 Å². The van der Waals surface area contributed by atoms with Gasteiger partial charge in [0.15, 0.2) is 0 Å². The summed E-state index contributed by atoms with van der Waals surface area (Å²) in [4.78, 5) is 13.2. The minimum Gasteiger partial charge on any atom is -0.395 e. The largest absolute Gasteiger partial charge is 0.395 e. The number of ketones is 1. The number of hydrogen-bond acceptors (Lipinski definition) is 3. The van der Waals surface area contributed by atoms with Crippen LogP contribution in [0.15, 0.2) is 0 Å². The lowest BCUT2D eigenvalue weighted by atomic mass is 9.94. The van der Waals surface area contributed by atoms with Gasteiger partial charge in [0.25, 0.3) is 0 Å². The van der Waals surface area contributed by atoms with Crippen molar-refractivity contribution in [3.05, 3.63) is 0 Å². The van der Waals surface area contributed by atoms with Crippen molar-refractivity contribution >= 4 is 5.78 Å². The highest BCUT2D eigenvalue weighted by Crippen LogP contribution is 2.22. The molecule has 1 aliphatic rings. The van der Waals surface area contributed by atoms with Crippen molar-refractivity contribution in [3.63, 3.8) is 0 Å². The van der Waals surface area contributed by atoms with Gasteiger partial charge in [0.2, 0.25) is 0 Å². The average Bonchev–Trinajstić information content (AvgIpc) is 2.25. The Morgan fingerprint density at radius 3 is 2.47 bits per heavy atom. The van der Waals surface area contributed by atoms with Crippen LogP contribution in [0.2, 0.25) is 0 Å². The molecule has 0 aromatic carbocycles. The third kappa shape index (κ3) is 4.76. The molecule has 0 unspecified atom stereocenters. The summed E-state index contributed by atoms with van der Waals surface area (Å²) in [5, 5.41) is 9.01. The van der Waals surface area contributed by atoms with E-state index in [0.717, 1.165) is 13.1 Å². The number of hydrogen-bond donors (Lipinski definition) is 1. The second-order valence-electron chi connectivity index (χ2n) is 4.50. The monoisotopic (exact) mass is 213 g/mol. The molecule has 0 aliphatic heterocycles. The molecule has 0 aromatic heterocycles. The first kappa shape index (κ1) is 12.7. The van der Waals surface area contributed by atoms with Gasteiger partial charge >= 0.3 is 0 Å². The highest BCUT2D eigenvalue weighted by molar-refractivity contribution is 5.75. The predicted octanol–water partition coefficient (Wildman–Crippen LogP) is 1.59. The van der Waals surface area contributed by atoms with E-state index in [1.807, 2.05) is 0 Å². The molecule has 0 bridgehead atoms. The Bertz CT molecular complexity index is 188. The van der Waals surface area contributed by atoms with Gasteiger partial charge in [-0.2, -0.15) is 0 Å². The number of Topliss-reactive ketones (excluding diaryl/α,β-unsaturated/α-hetero) is 1. The van der Waals surface area contributed by atoms with Crippen molar-refractivity contribution in [2.75, 3.05) is 19.7 Å². The van der Waals surface area contributed by atoms with E-state index in [4.69, 9.17) is 5.11 Å². The van der Waals surface area contributed by atoms with E-state index in [-0.39, 0.29) is 12.4 Å². The van der Waals surface area contributed by atoms with Crippen LogP contribution in [-0.2, 0) is 4.79 Å². The summed E-state index contributed by atoms with van der Waals surface area (Å²) in [6.45, 7) is 3.38. The SMILES string of the molecule is CC(=O)CCN(CCO)C1CCCCC1. The van der Waals surface area contributed by atoms with Gasteiger partial charge in [-0.15, -0.1) is 0 Å². The van der Waals surface area contributed by atoms with Crippen LogP contribution in [0, 0.1) is 0 Å². The predicted molar refractivity (Wildman–Crippen MR) is 60.8 cm³/mol. The molecule has 0 amide bonds. The van der Waals surface area contributed by atoms with Crippen LogP contribution in [0.4, 0.5) is 0 Å². The number of aliphatic hydroxyl groups excluding tert-OH is 1. The highest BCUT2D eigenvalue weighted by atomic mass is 16.3. The smallest absolute Gasteiger partial charge is 0.131 e. The minimum absolute atomic E-state index is 0.203. The molecule has 1 aliphatic carbocycles. The van der Waals surface area contributed by atoms with E-state index < -0.39 is 0 Å². The van der Waals surface area contributed by atoms with Crippen molar-refractivity contribution < 1.29 is 9.90 Å². The van der Waals surface area contributed by atoms with E-state index in [1.54, 1.807) is 6.92 Å². The molecule has 15 heavy (non-hydrogen) atoms. The fraction of sp³-hybridized carbons (Fsp3) is 0.917. The molecule has 0 saturated heterocycles. The fourth-order valence-corrected chi connectivity index (χ4v) is 2.35. The highest BCUT2D eigenvalue weighted by Gasteiger charge is 2.20. The summed E-state index contributed by atoms with van der Waals surface area (Å²) in [6, 6.07) is 0.602. The summed E-state index contributed by atoms with van der Waals surface area (Å²) in [6.07, 6.45) is 7.03. The molecule has 3 nitrogen and oxygen atoms in total. The van der Waals surface area contributed by atoms with Crippen LogP contribution in [-0.4, -0.2) is 41.5 Å². The normalized spacial score (nSPS) is 18.3. The van der Waals surface area contributed by atoms with Gasteiger partial charge < -0.3 is 5.11 Å². The van der Waals surface area contributed by atoms with E-state index in [2.05, 4.69) is 4.90 Å². The molecule has 0 radical (unpaired) electrons. The molecule has 1 saturated carbocycles. The Morgan fingerprint density at radius 2 is 1.93 bits per heavy atom. The summed E-state index contributed by atoms with van der Waals surface area (Å²) in [5.74, 6) is 0.244. The molecule has 1 N–H and O–H groups in total. The Hall–Kier alpha value is -0.410. The average molecular weight is 213 g/mol. The molecule has 0 heterocycles. The molecule has 1 rings (SSSR count). The van der Waals surface area contributed by atoms with Crippen LogP contribution < -0.4 is 0 Å². The van der Waals surface area contributed by atoms with Gasteiger partial charge in [-0.05, 0) is 19.8 Å². The standard InChI is InChI=1S/C12H23NO2/c1-11(15)7-8-13(9-10-14)12-5-3-2-4-6-12/h12,14H,2-10H2,1H3. The van der Waals surface area contributed by atoms with Crippen LogP contribution >= 0.6 is 0 Å². The van der Waals surface area contributed by atoms with Crippen LogP contribution in [0.3, 0.4) is 0 Å². The first-order chi connectivity index (χ1) is 7.24. The van der Waals surface area contributed by atoms with E-state index in [1.165, 1.54) is 32.1 Å². The zero-order chi connectivity index (χ0) is 11.1. The second-order valence-corrected chi connectivity index (χ2v) is 4.50. The lowest BCUT2D eigenvalue weighted by Gasteiger charge is -2.33. The number of carbonyl (C=O) groups is 1. The molecular weight excluding hydrogens is 190 g/mol. The maximum Gasteiger partial charge on any atom is 0.131 e. The van der Waals surface area contributed by atoms with Crippen LogP contribution in [0.5, 0.6) is 0 Å². The Morgan fingerprint density at radius 1 is 1.27 bits per heavy atom. The van der Waals surface area contributed by atoms with Crippen molar-refractivity contribution in [1.82, 2.24) is 4.90 Å². The van der Waals surface area contributed by atoms with Crippen molar-refractivity contribution in [1.29, 1.82) is 0 Å². The van der Waals surface area contributed by atoms with E-state index in [9.17, 15) is 4.79 Å². The van der Waals surface area contributed by atoms with Gasteiger partial charge in [0.1, 0.15) is 5.78 Å². The van der Waals surface area contributed by atoms with Crippen LogP contribution in [0.1, 0.15) is 45.4 Å². The first-order valence-corrected chi connectivity index (χ1v) is 6.08. The summed E-state index contributed by atoms with van der Waals surface area (Å²) in [7, 11) is 0. The van der Waals surface area contributed by atoms with E-state index >= 15 is 0 Å². The van der Waals surface area contributed by atoms with Crippen molar-refractivity contribution in [2.45, 2.75) is 51.5 Å². The second kappa shape index (κ2) is 6.96. The zero-order valence-electron chi connectivity index (χ0n) is 9.74. The maximum absolute atomic E-state index is 10.9. The number of nitrogens with zero attached hydrogens (tertiary/aromatic N) is 1. The Kier molecular flexibility index (Phi) is 5.88. The summed E-state index contributed by atoms with van der Waals surface area (Å²) < 4.78 is 0.